The van der Waals surface area contributed by atoms with Crippen LogP contribution >= 0.6 is 0 Å². The lowest BCUT2D eigenvalue weighted by Gasteiger charge is -2.23. The van der Waals surface area contributed by atoms with Crippen LogP contribution in [0.25, 0.3) is 0 Å². The van der Waals surface area contributed by atoms with E-state index in [1.807, 2.05) is 0 Å². The Balaban J connectivity index is 1.59. The molecule has 1 aliphatic carbocycles. The van der Waals surface area contributed by atoms with Gasteiger partial charge in [-0.25, -0.2) is 0 Å². The summed E-state index contributed by atoms with van der Waals surface area (Å²) in [7, 11) is 0. The number of hydrogen-bond acceptors (Lipinski definition) is 4. The molecule has 4 heteroatoms. The fourth-order valence-electron chi connectivity index (χ4n) is 2.66. The normalized spacial score (nSPS) is 23.9. The van der Waals surface area contributed by atoms with Crippen LogP contribution in [0, 0.1) is 0 Å². The Morgan fingerprint density at radius 2 is 2.05 bits per heavy atom. The van der Waals surface area contributed by atoms with E-state index >= 15 is 0 Å². The molecule has 0 bridgehead atoms. The van der Waals surface area contributed by atoms with E-state index in [1.54, 1.807) is 0 Å². The summed E-state index contributed by atoms with van der Waals surface area (Å²) >= 11 is 0. The first-order valence-electron chi connectivity index (χ1n) is 6.89. The van der Waals surface area contributed by atoms with Crippen molar-refractivity contribution in [1.29, 1.82) is 0 Å². The van der Waals surface area contributed by atoms with Gasteiger partial charge in [-0.2, -0.15) is 4.98 Å². The third kappa shape index (κ3) is 1.87. The minimum Gasteiger partial charge on any atom is -0.338 e. The van der Waals surface area contributed by atoms with E-state index in [2.05, 4.69) is 46.6 Å². The first-order chi connectivity index (χ1) is 9.24. The van der Waals surface area contributed by atoms with Gasteiger partial charge in [0.1, 0.15) is 0 Å². The maximum Gasteiger partial charge on any atom is 0.244 e. The first-order valence-corrected chi connectivity index (χ1v) is 6.89. The highest BCUT2D eigenvalue weighted by molar-refractivity contribution is 5.30. The standard InChI is InChI=1S/C15H17N3O/c1-15(6-7-15)14-17-13(19-18-14)12-8-10-4-2-3-5-11(10)9-16-12/h2-5,12,16H,6-9H2,1H3. The van der Waals surface area contributed by atoms with Crippen LogP contribution < -0.4 is 5.32 Å². The van der Waals surface area contributed by atoms with Crippen molar-refractivity contribution in [2.45, 2.75) is 44.2 Å². The summed E-state index contributed by atoms with van der Waals surface area (Å²) in [6.45, 7) is 3.07. The lowest BCUT2D eigenvalue weighted by molar-refractivity contribution is 0.317. The zero-order valence-electron chi connectivity index (χ0n) is 11.0. The summed E-state index contributed by atoms with van der Waals surface area (Å²) in [5, 5.41) is 7.64. The lowest BCUT2D eigenvalue weighted by atomic mass is 9.96. The van der Waals surface area contributed by atoms with E-state index in [-0.39, 0.29) is 11.5 Å². The van der Waals surface area contributed by atoms with Crippen molar-refractivity contribution >= 4 is 0 Å². The molecule has 0 amide bonds. The summed E-state index contributed by atoms with van der Waals surface area (Å²) in [5.74, 6) is 1.61. The highest BCUT2D eigenvalue weighted by Gasteiger charge is 2.44. The summed E-state index contributed by atoms with van der Waals surface area (Å²) in [4.78, 5) is 4.60. The quantitative estimate of drug-likeness (QED) is 0.895. The van der Waals surface area contributed by atoms with E-state index in [4.69, 9.17) is 4.52 Å². The zero-order chi connectivity index (χ0) is 12.9. The van der Waals surface area contributed by atoms with Gasteiger partial charge in [0.25, 0.3) is 0 Å². The molecule has 1 unspecified atom stereocenters. The molecular formula is C15H17N3O. The fraction of sp³-hybridized carbons (Fsp3) is 0.467. The maximum atomic E-state index is 5.46. The van der Waals surface area contributed by atoms with Crippen LogP contribution in [0.3, 0.4) is 0 Å². The Morgan fingerprint density at radius 1 is 1.26 bits per heavy atom. The summed E-state index contributed by atoms with van der Waals surface area (Å²) in [5.41, 5.74) is 2.92. The van der Waals surface area contributed by atoms with Crippen molar-refractivity contribution in [2.75, 3.05) is 0 Å². The number of hydrogen-bond donors (Lipinski definition) is 1. The predicted molar refractivity (Wildman–Crippen MR) is 70.6 cm³/mol. The minimum absolute atomic E-state index is 0.151. The molecule has 2 aliphatic rings. The number of nitrogens with one attached hydrogen (secondary N) is 1. The molecule has 0 spiro atoms. The summed E-state index contributed by atoms with van der Waals surface area (Å²) in [6, 6.07) is 8.68. The third-order valence-corrected chi connectivity index (χ3v) is 4.36. The molecule has 2 heterocycles. The van der Waals surface area contributed by atoms with Gasteiger partial charge >= 0.3 is 0 Å². The van der Waals surface area contributed by atoms with Crippen LogP contribution in [-0.4, -0.2) is 10.1 Å². The topological polar surface area (TPSA) is 51.0 Å². The van der Waals surface area contributed by atoms with Gasteiger partial charge in [0, 0.05) is 12.0 Å². The van der Waals surface area contributed by atoms with Crippen LogP contribution in [0.5, 0.6) is 0 Å². The van der Waals surface area contributed by atoms with E-state index in [9.17, 15) is 0 Å². The number of rotatable bonds is 2. The Morgan fingerprint density at radius 3 is 2.84 bits per heavy atom. The van der Waals surface area contributed by atoms with E-state index in [0.29, 0.717) is 0 Å². The minimum atomic E-state index is 0.151. The molecule has 1 N–H and O–H groups in total. The van der Waals surface area contributed by atoms with Gasteiger partial charge in [0.05, 0.1) is 6.04 Å². The predicted octanol–water partition coefficient (Wildman–Crippen LogP) is 2.51. The molecule has 4 nitrogen and oxygen atoms in total. The average Bonchev–Trinajstić information content (AvgIpc) is 3.02. The number of nitrogens with zero attached hydrogens (tertiary/aromatic N) is 2. The van der Waals surface area contributed by atoms with E-state index in [1.165, 1.54) is 24.0 Å². The molecule has 1 fully saturated rings. The molecule has 19 heavy (non-hydrogen) atoms. The molecule has 0 radical (unpaired) electrons. The van der Waals surface area contributed by atoms with Crippen molar-refractivity contribution in [3.05, 3.63) is 47.1 Å². The largest absolute Gasteiger partial charge is 0.338 e. The smallest absolute Gasteiger partial charge is 0.244 e. The summed E-state index contributed by atoms with van der Waals surface area (Å²) < 4.78 is 5.46. The maximum absolute atomic E-state index is 5.46. The van der Waals surface area contributed by atoms with Gasteiger partial charge in [-0.05, 0) is 30.4 Å². The Kier molecular flexibility index (Phi) is 2.30. The van der Waals surface area contributed by atoms with Gasteiger partial charge in [0.2, 0.25) is 5.89 Å². The molecule has 0 saturated heterocycles. The molecule has 1 aliphatic heterocycles. The second-order valence-corrected chi connectivity index (χ2v) is 5.92. The van der Waals surface area contributed by atoms with Crippen molar-refractivity contribution in [3.8, 4) is 0 Å². The highest BCUT2D eigenvalue weighted by Crippen LogP contribution is 2.46. The lowest BCUT2D eigenvalue weighted by Crippen LogP contribution is -2.28. The Hall–Kier alpha value is -1.68. The highest BCUT2D eigenvalue weighted by atomic mass is 16.5. The molecule has 1 saturated carbocycles. The Labute approximate surface area is 112 Å². The van der Waals surface area contributed by atoms with E-state index < -0.39 is 0 Å². The molecule has 4 rings (SSSR count). The van der Waals surface area contributed by atoms with Crippen LogP contribution in [0.2, 0.25) is 0 Å². The molecular weight excluding hydrogens is 238 g/mol. The SMILES string of the molecule is CC1(c2noc(C3Cc4ccccc4CN3)n2)CC1. The van der Waals surface area contributed by atoms with Crippen molar-refractivity contribution < 1.29 is 4.52 Å². The van der Waals surface area contributed by atoms with Gasteiger partial charge < -0.3 is 9.84 Å². The monoisotopic (exact) mass is 255 g/mol. The zero-order valence-corrected chi connectivity index (χ0v) is 11.0. The first kappa shape index (κ1) is 11.2. The molecule has 2 aromatic rings. The fourth-order valence-corrected chi connectivity index (χ4v) is 2.66. The van der Waals surface area contributed by atoms with Gasteiger partial charge in [-0.1, -0.05) is 36.3 Å². The van der Waals surface area contributed by atoms with Crippen LogP contribution in [0.15, 0.2) is 28.8 Å². The number of fused-ring (bicyclic) bond motifs is 1. The van der Waals surface area contributed by atoms with Gasteiger partial charge in [0.15, 0.2) is 5.82 Å². The van der Waals surface area contributed by atoms with Crippen LogP contribution in [-0.2, 0) is 18.4 Å². The van der Waals surface area contributed by atoms with Crippen LogP contribution in [0.1, 0.15) is 48.6 Å². The molecule has 98 valence electrons. The van der Waals surface area contributed by atoms with Crippen molar-refractivity contribution in [2.24, 2.45) is 0 Å². The summed E-state index contributed by atoms with van der Waals surface area (Å²) in [6.07, 6.45) is 3.27. The molecule has 1 atom stereocenters. The van der Waals surface area contributed by atoms with Crippen molar-refractivity contribution in [3.63, 3.8) is 0 Å². The second-order valence-electron chi connectivity index (χ2n) is 5.92. The van der Waals surface area contributed by atoms with Crippen molar-refractivity contribution in [1.82, 2.24) is 15.5 Å². The Bertz CT molecular complexity index is 615. The number of aromatic nitrogens is 2. The molecule has 1 aromatic heterocycles. The van der Waals surface area contributed by atoms with Gasteiger partial charge in [-0.15, -0.1) is 0 Å². The number of benzene rings is 1. The molecule has 1 aromatic carbocycles. The van der Waals surface area contributed by atoms with E-state index in [0.717, 1.165) is 24.7 Å². The van der Waals surface area contributed by atoms with Crippen LogP contribution in [0.4, 0.5) is 0 Å². The second kappa shape index (κ2) is 3.90. The third-order valence-electron chi connectivity index (χ3n) is 4.36. The average molecular weight is 255 g/mol. The van der Waals surface area contributed by atoms with Gasteiger partial charge in [-0.3, -0.25) is 0 Å².